The molecule has 0 radical (unpaired) electrons. The number of hydrogen-bond acceptors (Lipinski definition) is 3. The third kappa shape index (κ3) is 2.41. The first-order valence-electron chi connectivity index (χ1n) is 6.23. The summed E-state index contributed by atoms with van der Waals surface area (Å²) >= 11 is 0. The molecule has 18 heavy (non-hydrogen) atoms. The highest BCUT2D eigenvalue weighted by molar-refractivity contribution is 5.31. The summed E-state index contributed by atoms with van der Waals surface area (Å²) in [5.41, 5.74) is 7.77. The van der Waals surface area contributed by atoms with E-state index in [9.17, 15) is 4.39 Å². The molecule has 0 bridgehead atoms. The van der Waals surface area contributed by atoms with Crippen LogP contribution in [-0.4, -0.2) is 25.9 Å². The molecule has 1 heterocycles. The Morgan fingerprint density at radius 2 is 2.06 bits per heavy atom. The lowest BCUT2D eigenvalue weighted by molar-refractivity contribution is -0.105. The molecule has 3 nitrogen and oxygen atoms in total. The van der Waals surface area contributed by atoms with Crippen LogP contribution in [0.3, 0.4) is 0 Å². The average Bonchev–Trinajstić information content (AvgIpc) is 2.39. The van der Waals surface area contributed by atoms with Gasteiger partial charge in [-0.3, -0.25) is 0 Å². The molecule has 0 saturated carbocycles. The molecule has 0 aromatic heterocycles. The highest BCUT2D eigenvalue weighted by Gasteiger charge is 2.39. The molecule has 1 unspecified atom stereocenters. The maximum absolute atomic E-state index is 13.1. The van der Waals surface area contributed by atoms with Gasteiger partial charge in [0.25, 0.3) is 0 Å². The monoisotopic (exact) mass is 253 g/mol. The topological polar surface area (TPSA) is 44.5 Å². The number of aryl methyl sites for hydroxylation is 1. The fraction of sp³-hybridized carbons (Fsp3) is 0.571. The quantitative estimate of drug-likeness (QED) is 0.899. The predicted molar refractivity (Wildman–Crippen MR) is 67.9 cm³/mol. The average molecular weight is 253 g/mol. The molecule has 2 N–H and O–H groups in total. The first-order chi connectivity index (χ1) is 8.59. The summed E-state index contributed by atoms with van der Waals surface area (Å²) in [6.45, 7) is 3.19. The van der Waals surface area contributed by atoms with Crippen LogP contribution in [0.25, 0.3) is 0 Å². The van der Waals surface area contributed by atoms with Gasteiger partial charge in [-0.25, -0.2) is 4.39 Å². The summed E-state index contributed by atoms with van der Waals surface area (Å²) in [5, 5.41) is 0. The summed E-state index contributed by atoms with van der Waals surface area (Å²) in [6.07, 6.45) is 1.53. The van der Waals surface area contributed by atoms with E-state index in [1.54, 1.807) is 13.2 Å². The molecule has 1 aromatic rings. The summed E-state index contributed by atoms with van der Waals surface area (Å²) in [7, 11) is 1.68. The molecule has 1 fully saturated rings. The first-order valence-corrected chi connectivity index (χ1v) is 6.23. The third-order valence-corrected chi connectivity index (χ3v) is 3.88. The van der Waals surface area contributed by atoms with Crippen LogP contribution in [-0.2, 0) is 9.47 Å². The molecular formula is C14H20FNO2. The van der Waals surface area contributed by atoms with Crippen molar-refractivity contribution in [3.8, 4) is 0 Å². The number of ether oxygens (including phenoxy) is 2. The Hall–Kier alpha value is -0.970. The molecule has 1 aliphatic rings. The molecular weight excluding hydrogens is 233 g/mol. The Labute approximate surface area is 107 Å². The van der Waals surface area contributed by atoms with Gasteiger partial charge >= 0.3 is 0 Å². The van der Waals surface area contributed by atoms with Crippen molar-refractivity contribution in [2.45, 2.75) is 31.4 Å². The summed E-state index contributed by atoms with van der Waals surface area (Å²) in [5.74, 6) is -0.234. The van der Waals surface area contributed by atoms with Crippen LogP contribution in [0.5, 0.6) is 0 Å². The Bertz CT molecular complexity index is 416. The van der Waals surface area contributed by atoms with Crippen LogP contribution < -0.4 is 5.73 Å². The second-order valence-electron chi connectivity index (χ2n) is 4.86. The van der Waals surface area contributed by atoms with Crippen LogP contribution in [0.4, 0.5) is 4.39 Å². The lowest BCUT2D eigenvalue weighted by atomic mass is 9.81. The van der Waals surface area contributed by atoms with Gasteiger partial charge in [0.1, 0.15) is 5.82 Å². The molecule has 0 aliphatic carbocycles. The smallest absolute Gasteiger partial charge is 0.123 e. The first kappa shape index (κ1) is 13.5. The molecule has 1 atom stereocenters. The van der Waals surface area contributed by atoms with E-state index >= 15 is 0 Å². The maximum atomic E-state index is 13.1. The van der Waals surface area contributed by atoms with E-state index in [2.05, 4.69) is 0 Å². The fourth-order valence-corrected chi connectivity index (χ4v) is 2.63. The zero-order valence-corrected chi connectivity index (χ0v) is 10.9. The third-order valence-electron chi connectivity index (χ3n) is 3.88. The Morgan fingerprint density at radius 1 is 1.39 bits per heavy atom. The second-order valence-corrected chi connectivity index (χ2v) is 4.86. The SMILES string of the molecule is COC1(C(N)c2ccc(F)cc2C)CCOCC1. The van der Waals surface area contributed by atoms with Crippen molar-refractivity contribution in [1.82, 2.24) is 0 Å². The molecule has 0 spiro atoms. The normalized spacial score (nSPS) is 20.7. The van der Waals surface area contributed by atoms with Gasteiger partial charge in [-0.15, -0.1) is 0 Å². The van der Waals surface area contributed by atoms with Crippen LogP contribution in [0, 0.1) is 12.7 Å². The summed E-state index contributed by atoms with van der Waals surface area (Å²) < 4.78 is 24.2. The Balaban J connectivity index is 2.30. The molecule has 2 rings (SSSR count). The molecule has 1 saturated heterocycles. The zero-order valence-electron chi connectivity index (χ0n) is 10.9. The van der Waals surface area contributed by atoms with Crippen LogP contribution >= 0.6 is 0 Å². The van der Waals surface area contributed by atoms with Crippen molar-refractivity contribution in [1.29, 1.82) is 0 Å². The summed E-state index contributed by atoms with van der Waals surface area (Å²) in [6, 6.07) is 4.46. The zero-order chi connectivity index (χ0) is 13.2. The van der Waals surface area contributed by atoms with Crippen molar-refractivity contribution in [2.24, 2.45) is 5.73 Å². The molecule has 0 amide bonds. The number of methoxy groups -OCH3 is 1. The van der Waals surface area contributed by atoms with Crippen LogP contribution in [0.2, 0.25) is 0 Å². The summed E-state index contributed by atoms with van der Waals surface area (Å²) in [4.78, 5) is 0. The lowest BCUT2D eigenvalue weighted by Crippen LogP contribution is -2.47. The van der Waals surface area contributed by atoms with Gasteiger partial charge in [0, 0.05) is 33.2 Å². The van der Waals surface area contributed by atoms with Crippen molar-refractivity contribution in [3.05, 3.63) is 35.1 Å². The molecule has 100 valence electrons. The van der Waals surface area contributed by atoms with Crippen molar-refractivity contribution >= 4 is 0 Å². The minimum absolute atomic E-state index is 0.234. The van der Waals surface area contributed by atoms with Gasteiger partial charge in [-0.05, 0) is 30.2 Å². The number of benzene rings is 1. The minimum atomic E-state index is -0.402. The highest BCUT2D eigenvalue weighted by Crippen LogP contribution is 2.36. The number of halogens is 1. The number of nitrogens with two attached hydrogens (primary N) is 1. The lowest BCUT2D eigenvalue weighted by Gasteiger charge is -2.41. The maximum Gasteiger partial charge on any atom is 0.123 e. The predicted octanol–water partition coefficient (Wildman–Crippen LogP) is 2.33. The Kier molecular flexibility index (Phi) is 4.00. The second kappa shape index (κ2) is 5.34. The van der Waals surface area contributed by atoms with Crippen molar-refractivity contribution in [2.75, 3.05) is 20.3 Å². The van der Waals surface area contributed by atoms with Gasteiger partial charge < -0.3 is 15.2 Å². The molecule has 4 heteroatoms. The van der Waals surface area contributed by atoms with E-state index in [0.29, 0.717) is 13.2 Å². The van der Waals surface area contributed by atoms with Gasteiger partial charge in [0.05, 0.1) is 11.6 Å². The molecule has 1 aliphatic heterocycles. The Morgan fingerprint density at radius 3 is 2.61 bits per heavy atom. The van der Waals surface area contributed by atoms with E-state index in [-0.39, 0.29) is 11.9 Å². The van der Waals surface area contributed by atoms with E-state index in [0.717, 1.165) is 24.0 Å². The fourth-order valence-electron chi connectivity index (χ4n) is 2.63. The van der Waals surface area contributed by atoms with Gasteiger partial charge in [-0.1, -0.05) is 6.07 Å². The van der Waals surface area contributed by atoms with Crippen molar-refractivity contribution in [3.63, 3.8) is 0 Å². The van der Waals surface area contributed by atoms with Crippen LogP contribution in [0.1, 0.15) is 30.0 Å². The van der Waals surface area contributed by atoms with Crippen molar-refractivity contribution < 1.29 is 13.9 Å². The van der Waals surface area contributed by atoms with E-state index in [1.807, 2.05) is 6.92 Å². The van der Waals surface area contributed by atoms with E-state index in [1.165, 1.54) is 12.1 Å². The number of rotatable bonds is 3. The van der Waals surface area contributed by atoms with E-state index < -0.39 is 5.60 Å². The highest BCUT2D eigenvalue weighted by atomic mass is 19.1. The van der Waals surface area contributed by atoms with Gasteiger partial charge in [-0.2, -0.15) is 0 Å². The minimum Gasteiger partial charge on any atom is -0.381 e. The largest absolute Gasteiger partial charge is 0.381 e. The van der Waals surface area contributed by atoms with Gasteiger partial charge in [0.2, 0.25) is 0 Å². The molecule has 1 aromatic carbocycles. The number of hydrogen-bond donors (Lipinski definition) is 1. The van der Waals surface area contributed by atoms with Gasteiger partial charge in [0.15, 0.2) is 0 Å². The van der Waals surface area contributed by atoms with E-state index in [4.69, 9.17) is 15.2 Å². The standard InChI is InChI=1S/C14H20FNO2/c1-10-9-11(15)3-4-12(10)13(16)14(17-2)5-7-18-8-6-14/h3-4,9,13H,5-8,16H2,1-2H3. The van der Waals surface area contributed by atoms with Crippen LogP contribution in [0.15, 0.2) is 18.2 Å².